The number of hydrogen-bond acceptors (Lipinski definition) is 6. The molecule has 8 bridgehead atoms. The number of rotatable bonds is 11. The van der Waals surface area contributed by atoms with E-state index < -0.39 is 0 Å². The third-order valence-electron chi connectivity index (χ3n) is 13.3. The van der Waals surface area contributed by atoms with Crippen LogP contribution in [0.15, 0.2) is 214 Å². The quantitative estimate of drug-likeness (QED) is 0.228. The van der Waals surface area contributed by atoms with Gasteiger partial charge in [0.05, 0.1) is 52.3 Å². The summed E-state index contributed by atoms with van der Waals surface area (Å²) in [5, 5.41) is 2.07. The van der Waals surface area contributed by atoms with E-state index in [0.29, 0.717) is 0 Å². The van der Waals surface area contributed by atoms with Gasteiger partial charge < -0.3 is 4.90 Å². The number of pyridine rings is 2. The predicted molar refractivity (Wildman–Crippen MR) is 264 cm³/mol. The lowest BCUT2D eigenvalue weighted by molar-refractivity contribution is -0.576. The van der Waals surface area contributed by atoms with Crippen LogP contribution in [0.3, 0.4) is 0 Å². The van der Waals surface area contributed by atoms with Crippen molar-refractivity contribution in [2.24, 2.45) is 20.0 Å². The molecule has 0 saturated heterocycles. The Bertz CT molecular complexity index is 2850. The first-order chi connectivity index (χ1) is 31.4. The van der Waals surface area contributed by atoms with Crippen molar-refractivity contribution in [2.45, 2.75) is 107 Å². The zero-order valence-corrected chi connectivity index (χ0v) is 38.8. The molecule has 0 aliphatic carbocycles. The van der Waals surface area contributed by atoms with Crippen molar-refractivity contribution in [3.05, 3.63) is 195 Å². The van der Waals surface area contributed by atoms with Gasteiger partial charge in [-0.2, -0.15) is 4.57 Å². The zero-order valence-electron chi connectivity index (χ0n) is 38.8. The van der Waals surface area contributed by atoms with Crippen molar-refractivity contribution < 1.29 is 9.88 Å². The molecule has 7 aliphatic heterocycles. The van der Waals surface area contributed by atoms with E-state index >= 15 is 0 Å². The van der Waals surface area contributed by atoms with Gasteiger partial charge in [-0.1, -0.05) is 55.4 Å². The SMILES string of the molecule is CCC1=C(CC)C2=NC1=CC1=NC(=C([n+]3ccc(-c4ccncc4)cc3)C3=NC(=C(N4C=CC(=C5C=C[NH2+]C=C5)C=C4)C4=NC(=C2)C(CC)=C4CC)C(CC)=C3CC)C(CC)=C1CC. The Kier molecular flexibility index (Phi) is 12.1. The van der Waals surface area contributed by atoms with E-state index in [0.717, 1.165) is 125 Å². The number of allylic oxidation sites excluding steroid dienone is 17. The molecule has 0 aromatic carbocycles. The Morgan fingerprint density at radius 3 is 1.59 bits per heavy atom. The Hall–Kier alpha value is -6.64. The maximum absolute atomic E-state index is 5.92. The van der Waals surface area contributed by atoms with Gasteiger partial charge in [0.25, 0.3) is 5.70 Å². The van der Waals surface area contributed by atoms with Gasteiger partial charge in [0.2, 0.25) is 0 Å². The second-order valence-electron chi connectivity index (χ2n) is 16.6. The van der Waals surface area contributed by atoms with Gasteiger partial charge in [0, 0.05) is 36.9 Å². The Morgan fingerprint density at radius 1 is 0.484 bits per heavy atom. The van der Waals surface area contributed by atoms with Gasteiger partial charge >= 0.3 is 0 Å². The van der Waals surface area contributed by atoms with Crippen LogP contribution in [0.4, 0.5) is 0 Å². The molecule has 2 aromatic heterocycles. The summed E-state index contributed by atoms with van der Waals surface area (Å²) in [5.41, 5.74) is 24.6. The average Bonchev–Trinajstić information content (AvgIpc) is 4.09. The Labute approximate surface area is 379 Å². The second-order valence-corrected chi connectivity index (χ2v) is 16.6. The summed E-state index contributed by atoms with van der Waals surface area (Å²) >= 11 is 0. The molecule has 0 saturated carbocycles. The lowest BCUT2D eigenvalue weighted by atomic mass is 9.92. The topological polar surface area (TPSA) is 86.1 Å². The van der Waals surface area contributed by atoms with Gasteiger partial charge in [-0.3, -0.25) is 10.3 Å². The largest absolute Gasteiger partial charge is 0.320 e. The van der Waals surface area contributed by atoms with Gasteiger partial charge in [-0.15, -0.1) is 0 Å². The number of aliphatic imine (C=N–C) groups is 4. The van der Waals surface area contributed by atoms with E-state index in [9.17, 15) is 0 Å². The highest BCUT2D eigenvalue weighted by molar-refractivity contribution is 6.30. The molecular weight excluding hydrogens is 785 g/mol. The van der Waals surface area contributed by atoms with Crippen LogP contribution in [0.5, 0.6) is 0 Å². The molecule has 8 heteroatoms. The van der Waals surface area contributed by atoms with E-state index in [-0.39, 0.29) is 0 Å². The first-order valence-corrected chi connectivity index (χ1v) is 23.6. The molecule has 64 heavy (non-hydrogen) atoms. The molecule has 2 aromatic rings. The molecule has 9 rings (SSSR count). The Balaban J connectivity index is 1.40. The van der Waals surface area contributed by atoms with Crippen LogP contribution in [0, 0.1) is 0 Å². The summed E-state index contributed by atoms with van der Waals surface area (Å²) in [7, 11) is 0. The minimum absolute atomic E-state index is 0.811. The van der Waals surface area contributed by atoms with Crippen molar-refractivity contribution >= 4 is 28.5 Å². The highest BCUT2D eigenvalue weighted by Crippen LogP contribution is 2.44. The fraction of sp³-hybridized carbons (Fsp3) is 0.286. The molecule has 0 unspecified atom stereocenters. The zero-order chi connectivity index (χ0) is 44.5. The minimum atomic E-state index is 0.811. The Morgan fingerprint density at radius 2 is 0.984 bits per heavy atom. The highest BCUT2D eigenvalue weighted by Gasteiger charge is 2.39. The van der Waals surface area contributed by atoms with E-state index in [4.69, 9.17) is 20.0 Å². The summed E-state index contributed by atoms with van der Waals surface area (Å²) in [6.45, 7) is 18.1. The van der Waals surface area contributed by atoms with Gasteiger partial charge in [-0.25, -0.2) is 20.0 Å². The standard InChI is InChI=1S/C56H59N8/c1-9-39-40(10-2)48-34-50-42(12-4)44(14-6)52(61-50)56(64-31-23-38(24-32-64)36-19-27-58-28-20-36)54-46(16-8)45(15-7)53(62-54)55(63-29-21-37(22-30-63)35-17-25-57-26-18-35)51-43(13-5)41(11-3)49(60-51)33-47(39)59-48/h17-34,57H,9-16H2,1-8H3/q+1/p+1. The number of nitrogens with two attached hydrogens (primary N) is 1. The fourth-order valence-corrected chi connectivity index (χ4v) is 10.3. The van der Waals surface area contributed by atoms with Crippen LogP contribution in [0.25, 0.3) is 16.8 Å². The number of aromatic nitrogens is 2. The van der Waals surface area contributed by atoms with Crippen LogP contribution >= 0.6 is 0 Å². The summed E-state index contributed by atoms with van der Waals surface area (Å²) in [6.07, 6.45) is 36.8. The van der Waals surface area contributed by atoms with Crippen molar-refractivity contribution in [3.8, 4) is 11.1 Å². The predicted octanol–water partition coefficient (Wildman–Crippen LogP) is 11.7. The molecule has 2 N–H and O–H groups in total. The molecule has 9 heterocycles. The number of quaternary nitrogens is 1. The van der Waals surface area contributed by atoms with Crippen molar-refractivity contribution in [1.29, 1.82) is 0 Å². The minimum Gasteiger partial charge on any atom is -0.320 e. The maximum atomic E-state index is 5.92. The lowest BCUT2D eigenvalue weighted by Gasteiger charge is -2.26. The maximum Gasteiger partial charge on any atom is 0.262 e. The van der Waals surface area contributed by atoms with E-state index in [1.807, 2.05) is 12.4 Å². The molecule has 0 amide bonds. The van der Waals surface area contributed by atoms with Crippen molar-refractivity contribution in [3.63, 3.8) is 0 Å². The van der Waals surface area contributed by atoms with Crippen LogP contribution in [-0.2, 0) is 0 Å². The third kappa shape index (κ3) is 7.33. The summed E-state index contributed by atoms with van der Waals surface area (Å²) in [5.74, 6) is 0. The van der Waals surface area contributed by atoms with Gasteiger partial charge in [0.15, 0.2) is 12.4 Å². The highest BCUT2D eigenvalue weighted by atomic mass is 15.1. The molecule has 0 spiro atoms. The monoisotopic (exact) mass is 844 g/mol. The lowest BCUT2D eigenvalue weighted by Crippen LogP contribution is -2.71. The van der Waals surface area contributed by atoms with Crippen LogP contribution in [0.2, 0.25) is 0 Å². The van der Waals surface area contributed by atoms with Crippen LogP contribution < -0.4 is 9.88 Å². The smallest absolute Gasteiger partial charge is 0.262 e. The third-order valence-corrected chi connectivity index (χ3v) is 13.3. The van der Waals surface area contributed by atoms with Crippen LogP contribution in [0.1, 0.15) is 107 Å². The normalized spacial score (nSPS) is 19.5. The second kappa shape index (κ2) is 18.2. The van der Waals surface area contributed by atoms with Crippen molar-refractivity contribution in [2.75, 3.05) is 0 Å². The summed E-state index contributed by atoms with van der Waals surface area (Å²) in [6, 6.07) is 8.51. The first-order valence-electron chi connectivity index (χ1n) is 23.6. The molecule has 0 atom stereocenters. The molecule has 322 valence electrons. The van der Waals surface area contributed by atoms with Crippen LogP contribution in [-0.4, -0.2) is 32.7 Å². The molecule has 7 aliphatic rings. The van der Waals surface area contributed by atoms with Gasteiger partial charge in [-0.05, 0) is 167 Å². The number of fused-ring (bicyclic) bond motifs is 4. The van der Waals surface area contributed by atoms with Gasteiger partial charge in [0.1, 0.15) is 11.4 Å². The molecule has 8 nitrogen and oxygen atoms in total. The molecule has 0 radical (unpaired) electrons. The van der Waals surface area contributed by atoms with Crippen molar-refractivity contribution in [1.82, 2.24) is 9.88 Å². The molecule has 0 fully saturated rings. The molecular formula is C56H60N8+2. The number of nitrogens with zero attached hydrogens (tertiary/aromatic N) is 7. The van der Waals surface area contributed by atoms with E-state index in [1.165, 1.54) is 50.2 Å². The fourth-order valence-electron chi connectivity index (χ4n) is 10.3. The first kappa shape index (κ1) is 42.7. The van der Waals surface area contributed by atoms with E-state index in [2.05, 4.69) is 173 Å². The van der Waals surface area contributed by atoms with E-state index in [1.54, 1.807) is 0 Å². The summed E-state index contributed by atoms with van der Waals surface area (Å²) in [4.78, 5) is 29.3. The number of hydrogen-bond donors (Lipinski definition) is 1. The summed E-state index contributed by atoms with van der Waals surface area (Å²) < 4.78 is 2.26. The average molecular weight is 845 g/mol.